The topological polar surface area (TPSA) is 3.24 Å². The van der Waals surface area contributed by atoms with Gasteiger partial charge in [0.2, 0.25) is 0 Å². The highest BCUT2D eigenvalue weighted by Gasteiger charge is 2.52. The first-order chi connectivity index (χ1) is 6.69. The molecule has 0 unspecified atom stereocenters. The molecule has 1 heterocycles. The lowest BCUT2D eigenvalue weighted by Crippen LogP contribution is -2.48. The summed E-state index contributed by atoms with van der Waals surface area (Å²) in [4.78, 5) is 2.48. The Morgan fingerprint density at radius 1 is 1.29 bits per heavy atom. The molecule has 3 rings (SSSR count). The van der Waals surface area contributed by atoms with Gasteiger partial charge in [0.05, 0.1) is 5.69 Å². The summed E-state index contributed by atoms with van der Waals surface area (Å²) in [6.07, 6.45) is 2.90. The molecular formula is C12H14BrN. The molecule has 2 fully saturated rings. The summed E-state index contributed by atoms with van der Waals surface area (Å²) < 4.78 is 1.24. The van der Waals surface area contributed by atoms with Gasteiger partial charge in [0.25, 0.3) is 0 Å². The number of nitrogens with zero attached hydrogens (tertiary/aromatic N) is 1. The lowest BCUT2D eigenvalue weighted by Gasteiger charge is -2.42. The van der Waals surface area contributed by atoms with Crippen LogP contribution in [0, 0.1) is 12.3 Å². The number of rotatable bonds is 1. The highest BCUT2D eigenvalue weighted by Crippen LogP contribution is 2.54. The second kappa shape index (κ2) is 2.75. The predicted molar refractivity (Wildman–Crippen MR) is 62.8 cm³/mol. The zero-order chi connectivity index (χ0) is 9.76. The molecule has 1 aromatic carbocycles. The molecule has 2 aliphatic rings. The van der Waals surface area contributed by atoms with Crippen molar-refractivity contribution in [1.82, 2.24) is 0 Å². The molecule has 0 bridgehead atoms. The zero-order valence-corrected chi connectivity index (χ0v) is 9.97. The first-order valence-corrected chi connectivity index (χ1v) is 5.99. The molecule has 1 saturated carbocycles. The van der Waals surface area contributed by atoms with E-state index in [1.807, 2.05) is 0 Å². The van der Waals surface area contributed by atoms with Crippen LogP contribution in [-0.2, 0) is 0 Å². The highest BCUT2D eigenvalue weighted by molar-refractivity contribution is 9.10. The molecule has 0 atom stereocenters. The van der Waals surface area contributed by atoms with E-state index < -0.39 is 0 Å². The second-order valence-corrected chi connectivity index (χ2v) is 5.67. The average Bonchev–Trinajstić information content (AvgIpc) is 2.81. The highest BCUT2D eigenvalue weighted by atomic mass is 79.9. The fourth-order valence-corrected chi connectivity index (χ4v) is 3.04. The fourth-order valence-electron chi connectivity index (χ4n) is 2.30. The molecule has 1 nitrogen and oxygen atoms in total. The van der Waals surface area contributed by atoms with Gasteiger partial charge in [-0.05, 0) is 53.4 Å². The van der Waals surface area contributed by atoms with Crippen molar-refractivity contribution >= 4 is 21.6 Å². The molecule has 0 radical (unpaired) electrons. The van der Waals surface area contributed by atoms with E-state index in [1.54, 1.807) is 0 Å². The lowest BCUT2D eigenvalue weighted by molar-refractivity contribution is 0.387. The Morgan fingerprint density at radius 2 is 2.00 bits per heavy atom. The van der Waals surface area contributed by atoms with E-state index in [2.05, 4.69) is 46.0 Å². The van der Waals surface area contributed by atoms with Gasteiger partial charge in [-0.1, -0.05) is 6.07 Å². The Balaban J connectivity index is 1.83. The van der Waals surface area contributed by atoms with Crippen LogP contribution in [0.5, 0.6) is 0 Å². The summed E-state index contributed by atoms with van der Waals surface area (Å²) in [6.45, 7) is 4.68. The van der Waals surface area contributed by atoms with Crippen molar-refractivity contribution in [2.75, 3.05) is 18.0 Å². The minimum atomic E-state index is 0.740. The molecule has 14 heavy (non-hydrogen) atoms. The number of anilines is 1. The normalized spacial score (nSPS) is 22.3. The van der Waals surface area contributed by atoms with Crippen molar-refractivity contribution in [2.24, 2.45) is 5.41 Å². The summed E-state index contributed by atoms with van der Waals surface area (Å²) in [5, 5.41) is 0. The van der Waals surface area contributed by atoms with Crippen LogP contribution >= 0.6 is 15.9 Å². The number of halogens is 1. The van der Waals surface area contributed by atoms with Crippen molar-refractivity contribution in [3.63, 3.8) is 0 Å². The van der Waals surface area contributed by atoms with Crippen LogP contribution in [0.1, 0.15) is 18.4 Å². The van der Waals surface area contributed by atoms with E-state index in [4.69, 9.17) is 0 Å². The maximum absolute atomic E-state index is 3.64. The molecule has 1 spiro atoms. The minimum Gasteiger partial charge on any atom is -0.369 e. The third kappa shape index (κ3) is 1.28. The molecule has 2 heteroatoms. The Morgan fingerprint density at radius 3 is 2.57 bits per heavy atom. The number of benzene rings is 1. The molecule has 0 aromatic heterocycles. The van der Waals surface area contributed by atoms with Gasteiger partial charge >= 0.3 is 0 Å². The third-order valence-corrected chi connectivity index (χ3v) is 4.09. The standard InChI is InChI=1S/C12H14BrN/c1-9-2-3-11(10(13)6-9)14-7-12(8-14)4-5-12/h2-3,6H,4-5,7-8H2,1H3. The van der Waals surface area contributed by atoms with E-state index in [-0.39, 0.29) is 0 Å². The minimum absolute atomic E-state index is 0.740. The summed E-state index contributed by atoms with van der Waals surface area (Å²) in [5.41, 5.74) is 3.43. The largest absolute Gasteiger partial charge is 0.369 e. The molecule has 1 aromatic rings. The van der Waals surface area contributed by atoms with Gasteiger partial charge < -0.3 is 4.90 Å². The zero-order valence-electron chi connectivity index (χ0n) is 8.39. The fraction of sp³-hybridized carbons (Fsp3) is 0.500. The van der Waals surface area contributed by atoms with Crippen LogP contribution in [0.2, 0.25) is 0 Å². The van der Waals surface area contributed by atoms with Gasteiger partial charge in [0.15, 0.2) is 0 Å². The van der Waals surface area contributed by atoms with Crippen molar-refractivity contribution < 1.29 is 0 Å². The number of aryl methyl sites for hydroxylation is 1. The maximum atomic E-state index is 3.64. The SMILES string of the molecule is Cc1ccc(N2CC3(CC3)C2)c(Br)c1. The first kappa shape index (κ1) is 8.78. The van der Waals surface area contributed by atoms with E-state index in [1.165, 1.54) is 41.7 Å². The predicted octanol–water partition coefficient (Wildman–Crippen LogP) is 3.36. The molecule has 1 saturated heterocycles. The summed E-state index contributed by atoms with van der Waals surface area (Å²) in [7, 11) is 0. The van der Waals surface area contributed by atoms with Crippen LogP contribution in [-0.4, -0.2) is 13.1 Å². The second-order valence-electron chi connectivity index (χ2n) is 4.81. The third-order valence-electron chi connectivity index (χ3n) is 3.45. The van der Waals surface area contributed by atoms with E-state index in [0.717, 1.165) is 5.41 Å². The molecular weight excluding hydrogens is 238 g/mol. The Hall–Kier alpha value is -0.500. The van der Waals surface area contributed by atoms with Gasteiger partial charge in [-0.15, -0.1) is 0 Å². The smallest absolute Gasteiger partial charge is 0.0511 e. The Labute approximate surface area is 93.2 Å². The summed E-state index contributed by atoms with van der Waals surface area (Å²) in [6, 6.07) is 6.62. The monoisotopic (exact) mass is 251 g/mol. The summed E-state index contributed by atoms with van der Waals surface area (Å²) >= 11 is 3.64. The molecule has 74 valence electrons. The van der Waals surface area contributed by atoms with Crippen molar-refractivity contribution in [3.8, 4) is 0 Å². The van der Waals surface area contributed by atoms with Crippen LogP contribution in [0.4, 0.5) is 5.69 Å². The van der Waals surface area contributed by atoms with Crippen molar-refractivity contribution in [3.05, 3.63) is 28.2 Å². The first-order valence-electron chi connectivity index (χ1n) is 5.20. The van der Waals surface area contributed by atoms with E-state index >= 15 is 0 Å². The molecule has 0 amide bonds. The quantitative estimate of drug-likeness (QED) is 0.740. The lowest BCUT2D eigenvalue weighted by atomic mass is 9.96. The maximum Gasteiger partial charge on any atom is 0.0511 e. The van der Waals surface area contributed by atoms with Crippen molar-refractivity contribution in [2.45, 2.75) is 19.8 Å². The summed E-state index contributed by atoms with van der Waals surface area (Å²) in [5.74, 6) is 0. The molecule has 0 N–H and O–H groups in total. The van der Waals surface area contributed by atoms with Gasteiger partial charge in [0.1, 0.15) is 0 Å². The Kier molecular flexibility index (Phi) is 1.73. The van der Waals surface area contributed by atoms with Gasteiger partial charge in [-0.2, -0.15) is 0 Å². The van der Waals surface area contributed by atoms with Crippen LogP contribution in [0.15, 0.2) is 22.7 Å². The van der Waals surface area contributed by atoms with Crippen LogP contribution < -0.4 is 4.90 Å². The van der Waals surface area contributed by atoms with Crippen LogP contribution in [0.3, 0.4) is 0 Å². The molecule has 1 aliphatic heterocycles. The van der Waals surface area contributed by atoms with E-state index in [0.29, 0.717) is 0 Å². The number of hydrogen-bond donors (Lipinski definition) is 0. The van der Waals surface area contributed by atoms with Gasteiger partial charge in [-0.3, -0.25) is 0 Å². The van der Waals surface area contributed by atoms with Gasteiger partial charge in [0, 0.05) is 23.0 Å². The Bertz CT molecular complexity index is 374. The van der Waals surface area contributed by atoms with Crippen LogP contribution in [0.25, 0.3) is 0 Å². The average molecular weight is 252 g/mol. The van der Waals surface area contributed by atoms with E-state index in [9.17, 15) is 0 Å². The number of hydrogen-bond acceptors (Lipinski definition) is 1. The van der Waals surface area contributed by atoms with Gasteiger partial charge in [-0.25, -0.2) is 0 Å². The molecule has 1 aliphatic carbocycles. The van der Waals surface area contributed by atoms with Crippen molar-refractivity contribution in [1.29, 1.82) is 0 Å².